The molecule has 4 nitrogen and oxygen atoms in total. The van der Waals surface area contributed by atoms with E-state index in [-0.39, 0.29) is 0 Å². The van der Waals surface area contributed by atoms with Gasteiger partial charge in [0.25, 0.3) is 0 Å². The quantitative estimate of drug-likeness (QED) is 0.920. The van der Waals surface area contributed by atoms with Crippen molar-refractivity contribution in [3.63, 3.8) is 0 Å². The van der Waals surface area contributed by atoms with Gasteiger partial charge in [0.15, 0.2) is 0 Å². The molecular formula is C16H17FO4. The Kier molecular flexibility index (Phi) is 4.65. The third-order valence-electron chi connectivity index (χ3n) is 3.19. The molecule has 112 valence electrons. The van der Waals surface area contributed by atoms with E-state index < -0.39 is 11.9 Å². The number of halogens is 1. The van der Waals surface area contributed by atoms with Gasteiger partial charge in [-0.2, -0.15) is 0 Å². The summed E-state index contributed by atoms with van der Waals surface area (Å²) in [4.78, 5) is 0. The average Bonchev–Trinajstić information content (AvgIpc) is 2.52. The van der Waals surface area contributed by atoms with Crippen molar-refractivity contribution in [1.82, 2.24) is 0 Å². The Morgan fingerprint density at radius 1 is 0.952 bits per heavy atom. The zero-order valence-electron chi connectivity index (χ0n) is 12.1. The van der Waals surface area contributed by atoms with Gasteiger partial charge in [0, 0.05) is 12.1 Å². The van der Waals surface area contributed by atoms with Crippen molar-refractivity contribution in [1.29, 1.82) is 0 Å². The molecule has 0 aromatic heterocycles. The van der Waals surface area contributed by atoms with Crippen molar-refractivity contribution in [3.05, 3.63) is 53.3 Å². The highest BCUT2D eigenvalue weighted by Crippen LogP contribution is 2.40. The minimum absolute atomic E-state index is 0.406. The molecule has 5 heteroatoms. The summed E-state index contributed by atoms with van der Waals surface area (Å²) in [6.07, 6.45) is -1.07. The van der Waals surface area contributed by atoms with Crippen LogP contribution in [0.3, 0.4) is 0 Å². The molecule has 0 radical (unpaired) electrons. The van der Waals surface area contributed by atoms with E-state index in [0.29, 0.717) is 28.4 Å². The summed E-state index contributed by atoms with van der Waals surface area (Å²) in [6.45, 7) is 0. The number of hydrogen-bond acceptors (Lipinski definition) is 4. The Hall–Kier alpha value is -2.27. The Morgan fingerprint density at radius 2 is 1.57 bits per heavy atom. The first-order valence-corrected chi connectivity index (χ1v) is 6.34. The molecule has 2 aromatic rings. The summed E-state index contributed by atoms with van der Waals surface area (Å²) in [5.41, 5.74) is 0.836. The molecule has 0 saturated carbocycles. The Balaban J connectivity index is 2.55. The van der Waals surface area contributed by atoms with Crippen LogP contribution in [0.15, 0.2) is 36.4 Å². The van der Waals surface area contributed by atoms with Crippen LogP contribution in [0.25, 0.3) is 0 Å². The minimum Gasteiger partial charge on any atom is -0.496 e. The van der Waals surface area contributed by atoms with Gasteiger partial charge in [-0.05, 0) is 17.7 Å². The van der Waals surface area contributed by atoms with E-state index in [4.69, 9.17) is 14.2 Å². The summed E-state index contributed by atoms with van der Waals surface area (Å²) >= 11 is 0. The van der Waals surface area contributed by atoms with Gasteiger partial charge in [0.1, 0.15) is 29.2 Å². The number of benzene rings is 2. The Morgan fingerprint density at radius 3 is 2.05 bits per heavy atom. The van der Waals surface area contributed by atoms with E-state index in [1.165, 1.54) is 39.5 Å². The van der Waals surface area contributed by atoms with Crippen molar-refractivity contribution >= 4 is 0 Å². The van der Waals surface area contributed by atoms with Gasteiger partial charge in [-0.25, -0.2) is 4.39 Å². The van der Waals surface area contributed by atoms with Crippen LogP contribution in [-0.2, 0) is 0 Å². The third kappa shape index (κ3) is 3.08. The fraction of sp³-hybridized carbons (Fsp3) is 0.250. The molecule has 0 aliphatic rings. The molecule has 21 heavy (non-hydrogen) atoms. The zero-order chi connectivity index (χ0) is 15.4. The Bertz CT molecular complexity index is 602. The monoisotopic (exact) mass is 292 g/mol. The number of aliphatic hydroxyl groups excluding tert-OH is 1. The molecule has 0 fully saturated rings. The lowest BCUT2D eigenvalue weighted by atomic mass is 9.99. The number of ether oxygens (including phenoxy) is 3. The predicted molar refractivity (Wildman–Crippen MR) is 76.6 cm³/mol. The summed E-state index contributed by atoms with van der Waals surface area (Å²) in [7, 11) is 4.49. The average molecular weight is 292 g/mol. The van der Waals surface area contributed by atoms with Gasteiger partial charge in [-0.1, -0.05) is 12.1 Å². The van der Waals surface area contributed by atoms with Crippen LogP contribution in [0.2, 0.25) is 0 Å². The maximum Gasteiger partial charge on any atom is 0.132 e. The molecule has 1 atom stereocenters. The third-order valence-corrected chi connectivity index (χ3v) is 3.19. The first-order chi connectivity index (χ1) is 10.1. The normalized spacial score (nSPS) is 11.9. The van der Waals surface area contributed by atoms with Crippen molar-refractivity contribution in [2.75, 3.05) is 21.3 Å². The first kappa shape index (κ1) is 15.1. The van der Waals surface area contributed by atoms with E-state index in [0.717, 1.165) is 0 Å². The van der Waals surface area contributed by atoms with Gasteiger partial charge >= 0.3 is 0 Å². The van der Waals surface area contributed by atoms with Crippen LogP contribution in [0.5, 0.6) is 17.2 Å². The van der Waals surface area contributed by atoms with E-state index in [1.54, 1.807) is 18.2 Å². The first-order valence-electron chi connectivity index (χ1n) is 6.34. The Labute approximate surface area is 122 Å². The van der Waals surface area contributed by atoms with E-state index in [1.807, 2.05) is 0 Å². The molecule has 0 heterocycles. The van der Waals surface area contributed by atoms with Gasteiger partial charge < -0.3 is 19.3 Å². The minimum atomic E-state index is -1.07. The van der Waals surface area contributed by atoms with E-state index >= 15 is 0 Å². The molecular weight excluding hydrogens is 275 g/mol. The lowest BCUT2D eigenvalue weighted by molar-refractivity contribution is 0.208. The second-order valence-electron chi connectivity index (χ2n) is 4.40. The fourth-order valence-corrected chi connectivity index (χ4v) is 2.15. The van der Waals surface area contributed by atoms with Crippen molar-refractivity contribution < 1.29 is 23.7 Å². The van der Waals surface area contributed by atoms with Crippen LogP contribution < -0.4 is 14.2 Å². The highest BCUT2D eigenvalue weighted by atomic mass is 19.1. The molecule has 0 spiro atoms. The topological polar surface area (TPSA) is 47.9 Å². The molecule has 2 aromatic carbocycles. The molecule has 0 aliphatic heterocycles. The van der Waals surface area contributed by atoms with Crippen LogP contribution in [0, 0.1) is 5.82 Å². The van der Waals surface area contributed by atoms with Crippen molar-refractivity contribution in [2.45, 2.75) is 6.10 Å². The number of aliphatic hydroxyl groups is 1. The highest BCUT2D eigenvalue weighted by Gasteiger charge is 2.22. The van der Waals surface area contributed by atoms with Gasteiger partial charge in [-0.15, -0.1) is 0 Å². The maximum atomic E-state index is 13.3. The van der Waals surface area contributed by atoms with Crippen LogP contribution in [0.1, 0.15) is 17.2 Å². The van der Waals surface area contributed by atoms with Gasteiger partial charge in [0.05, 0.1) is 26.9 Å². The zero-order valence-corrected chi connectivity index (χ0v) is 12.1. The van der Waals surface area contributed by atoms with Crippen LogP contribution in [-0.4, -0.2) is 26.4 Å². The molecule has 1 N–H and O–H groups in total. The number of rotatable bonds is 5. The lowest BCUT2D eigenvalue weighted by Gasteiger charge is -2.19. The summed E-state index contributed by atoms with van der Waals surface area (Å²) in [5, 5.41) is 10.5. The largest absolute Gasteiger partial charge is 0.496 e. The van der Waals surface area contributed by atoms with E-state index in [2.05, 4.69) is 0 Å². The van der Waals surface area contributed by atoms with Crippen molar-refractivity contribution in [3.8, 4) is 17.2 Å². The number of methoxy groups -OCH3 is 3. The van der Waals surface area contributed by atoms with Gasteiger partial charge in [-0.3, -0.25) is 0 Å². The number of hydrogen-bond donors (Lipinski definition) is 1. The predicted octanol–water partition coefficient (Wildman–Crippen LogP) is 2.93. The molecule has 2 rings (SSSR count). The molecule has 0 saturated heterocycles. The van der Waals surface area contributed by atoms with Crippen molar-refractivity contribution in [2.24, 2.45) is 0 Å². The lowest BCUT2D eigenvalue weighted by Crippen LogP contribution is -2.06. The standard InChI is InChI=1S/C16H17FO4/c1-19-12-8-13(20-2)15(14(9-12)21-3)16(18)10-5-4-6-11(17)7-10/h4-9,16,18H,1-3H3. The molecule has 0 amide bonds. The SMILES string of the molecule is COc1cc(OC)c(C(O)c2cccc(F)c2)c(OC)c1. The summed E-state index contributed by atoms with van der Waals surface area (Å²) in [6, 6.07) is 9.04. The molecule has 1 unspecified atom stereocenters. The molecule has 0 aliphatic carbocycles. The fourth-order valence-electron chi connectivity index (χ4n) is 2.15. The molecule has 0 bridgehead atoms. The smallest absolute Gasteiger partial charge is 0.132 e. The van der Waals surface area contributed by atoms with Gasteiger partial charge in [0.2, 0.25) is 0 Å². The second kappa shape index (κ2) is 6.45. The summed E-state index contributed by atoms with van der Waals surface area (Å²) in [5.74, 6) is 0.933. The second-order valence-corrected chi connectivity index (χ2v) is 4.40. The van der Waals surface area contributed by atoms with Crippen LogP contribution >= 0.6 is 0 Å². The van der Waals surface area contributed by atoms with E-state index in [9.17, 15) is 9.50 Å². The maximum absolute atomic E-state index is 13.3. The highest BCUT2D eigenvalue weighted by molar-refractivity contribution is 5.54. The van der Waals surface area contributed by atoms with Crippen LogP contribution in [0.4, 0.5) is 4.39 Å². The summed E-state index contributed by atoms with van der Waals surface area (Å²) < 4.78 is 29.1.